The average Bonchev–Trinajstić information content (AvgIpc) is 3.46. The maximum Gasteiger partial charge on any atom is 0.409 e. The molecule has 2 fully saturated rings. The number of carbonyl (C=O) groups is 1. The molecule has 0 atom stereocenters. The van der Waals surface area contributed by atoms with Crippen LogP contribution in [0.3, 0.4) is 0 Å². The first-order chi connectivity index (χ1) is 12.4. The Morgan fingerprint density at radius 2 is 1.81 bits per heavy atom. The second kappa shape index (κ2) is 7.89. The van der Waals surface area contributed by atoms with Crippen molar-refractivity contribution in [2.24, 2.45) is 0 Å². The highest BCUT2D eigenvalue weighted by Crippen LogP contribution is 2.32. The maximum absolute atomic E-state index is 13.1. The van der Waals surface area contributed by atoms with E-state index < -0.39 is 16.3 Å². The predicted octanol–water partition coefficient (Wildman–Crippen LogP) is 1.81. The van der Waals surface area contributed by atoms with E-state index in [2.05, 4.69) is 0 Å². The van der Waals surface area contributed by atoms with Gasteiger partial charge in [-0.05, 0) is 37.5 Å². The van der Waals surface area contributed by atoms with Crippen molar-refractivity contribution >= 4 is 16.3 Å². The number of piperazine rings is 1. The normalized spacial score (nSPS) is 19.0. The molecule has 144 valence electrons. The van der Waals surface area contributed by atoms with Crippen LogP contribution in [0.2, 0.25) is 0 Å². The van der Waals surface area contributed by atoms with Crippen molar-refractivity contribution in [1.29, 1.82) is 0 Å². The first kappa shape index (κ1) is 19.1. The van der Waals surface area contributed by atoms with Crippen molar-refractivity contribution in [3.63, 3.8) is 0 Å². The number of nitrogens with zero attached hydrogens (tertiary/aromatic N) is 3. The summed E-state index contributed by atoms with van der Waals surface area (Å²) in [5.41, 5.74) is 0.757. The molecule has 7 nitrogen and oxygen atoms in total. The Morgan fingerprint density at radius 1 is 1.19 bits per heavy atom. The molecule has 1 aliphatic heterocycles. The lowest BCUT2D eigenvalue weighted by molar-refractivity contribution is 0.0923. The summed E-state index contributed by atoms with van der Waals surface area (Å²) in [6.07, 6.45) is 1.27. The Bertz CT molecular complexity index is 729. The van der Waals surface area contributed by atoms with E-state index in [1.165, 1.54) is 25.6 Å². The number of benzene rings is 1. The van der Waals surface area contributed by atoms with E-state index >= 15 is 0 Å². The molecule has 0 radical (unpaired) electrons. The van der Waals surface area contributed by atoms with Gasteiger partial charge in [0.25, 0.3) is 10.2 Å². The van der Waals surface area contributed by atoms with E-state index in [4.69, 9.17) is 4.74 Å². The standard InChI is InChI=1S/C17H24FN3O4S/c1-2-25-17(22)19-9-11-20(12-10-19)26(23,24)21(16-7-8-16)13-14-3-5-15(18)6-4-14/h3-6,16H,2,7-13H2,1H3. The van der Waals surface area contributed by atoms with Gasteiger partial charge in [0.05, 0.1) is 6.61 Å². The zero-order valence-corrected chi connectivity index (χ0v) is 15.6. The average molecular weight is 385 g/mol. The molecule has 0 N–H and O–H groups in total. The summed E-state index contributed by atoms with van der Waals surface area (Å²) in [6, 6.07) is 5.89. The lowest BCUT2D eigenvalue weighted by Gasteiger charge is -2.36. The molecule has 9 heteroatoms. The first-order valence-electron chi connectivity index (χ1n) is 8.85. The molecule has 0 aromatic heterocycles. The van der Waals surface area contributed by atoms with Crippen LogP contribution in [0.5, 0.6) is 0 Å². The van der Waals surface area contributed by atoms with Gasteiger partial charge in [0, 0.05) is 38.8 Å². The van der Waals surface area contributed by atoms with Crippen molar-refractivity contribution in [1.82, 2.24) is 13.5 Å². The fourth-order valence-electron chi connectivity index (χ4n) is 3.00. The van der Waals surface area contributed by atoms with E-state index in [0.717, 1.165) is 18.4 Å². The Balaban J connectivity index is 1.67. The van der Waals surface area contributed by atoms with Gasteiger partial charge in [-0.25, -0.2) is 9.18 Å². The minimum atomic E-state index is -3.64. The second-order valence-electron chi connectivity index (χ2n) is 6.50. The second-order valence-corrected chi connectivity index (χ2v) is 8.38. The number of hydrogen-bond acceptors (Lipinski definition) is 4. The fraction of sp³-hybridized carbons (Fsp3) is 0.588. The fourth-order valence-corrected chi connectivity index (χ4v) is 4.82. The van der Waals surface area contributed by atoms with Crippen LogP contribution in [-0.2, 0) is 21.5 Å². The van der Waals surface area contributed by atoms with Crippen LogP contribution >= 0.6 is 0 Å². The summed E-state index contributed by atoms with van der Waals surface area (Å²) in [6.45, 7) is 3.37. The van der Waals surface area contributed by atoms with Crippen LogP contribution in [0.15, 0.2) is 24.3 Å². The van der Waals surface area contributed by atoms with Gasteiger partial charge in [0.15, 0.2) is 0 Å². The number of ether oxygens (including phenoxy) is 1. The highest BCUT2D eigenvalue weighted by molar-refractivity contribution is 7.86. The molecule has 1 aromatic rings. The number of amides is 1. The highest BCUT2D eigenvalue weighted by Gasteiger charge is 2.41. The van der Waals surface area contributed by atoms with Gasteiger partial charge in [0.1, 0.15) is 5.82 Å². The lowest BCUT2D eigenvalue weighted by Crippen LogP contribution is -2.54. The summed E-state index contributed by atoms with van der Waals surface area (Å²) < 4.78 is 47.1. The Morgan fingerprint density at radius 3 is 2.35 bits per heavy atom. The first-order valence-corrected chi connectivity index (χ1v) is 10.2. The zero-order chi connectivity index (χ0) is 18.7. The molecule has 1 heterocycles. The third-order valence-corrected chi connectivity index (χ3v) is 6.63. The van der Waals surface area contributed by atoms with E-state index in [0.29, 0.717) is 19.7 Å². The Kier molecular flexibility index (Phi) is 5.79. The highest BCUT2D eigenvalue weighted by atomic mass is 32.2. The topological polar surface area (TPSA) is 70.2 Å². The third kappa shape index (κ3) is 4.33. The quantitative estimate of drug-likeness (QED) is 0.749. The van der Waals surface area contributed by atoms with Crippen molar-refractivity contribution in [2.75, 3.05) is 32.8 Å². The zero-order valence-electron chi connectivity index (χ0n) is 14.8. The molecule has 26 heavy (non-hydrogen) atoms. The smallest absolute Gasteiger partial charge is 0.409 e. The number of halogens is 1. The molecule has 0 spiro atoms. The SMILES string of the molecule is CCOC(=O)N1CCN(S(=O)(=O)N(Cc2ccc(F)cc2)C2CC2)CC1. The monoisotopic (exact) mass is 385 g/mol. The van der Waals surface area contributed by atoms with Gasteiger partial charge < -0.3 is 9.64 Å². The van der Waals surface area contributed by atoms with Gasteiger partial charge in [0.2, 0.25) is 0 Å². The molecule has 1 aromatic carbocycles. The summed E-state index contributed by atoms with van der Waals surface area (Å²) in [5.74, 6) is -0.343. The molecule has 2 aliphatic rings. The lowest BCUT2D eigenvalue weighted by atomic mass is 10.2. The Labute approximate surface area is 153 Å². The van der Waals surface area contributed by atoms with Crippen molar-refractivity contribution in [3.8, 4) is 0 Å². The summed E-state index contributed by atoms with van der Waals surface area (Å²) >= 11 is 0. The van der Waals surface area contributed by atoms with Crippen molar-refractivity contribution < 1.29 is 22.3 Å². The van der Waals surface area contributed by atoms with Crippen LogP contribution in [0.25, 0.3) is 0 Å². The van der Waals surface area contributed by atoms with Crippen molar-refractivity contribution in [3.05, 3.63) is 35.6 Å². The molecule has 1 saturated carbocycles. The molecule has 1 saturated heterocycles. The van der Waals surface area contributed by atoms with Gasteiger partial charge in [-0.1, -0.05) is 12.1 Å². The predicted molar refractivity (Wildman–Crippen MR) is 94.1 cm³/mol. The largest absolute Gasteiger partial charge is 0.450 e. The van der Waals surface area contributed by atoms with Crippen LogP contribution in [0.4, 0.5) is 9.18 Å². The van der Waals surface area contributed by atoms with Crippen LogP contribution < -0.4 is 0 Å². The molecule has 0 bridgehead atoms. The van der Waals surface area contributed by atoms with E-state index in [1.54, 1.807) is 19.1 Å². The molecule has 1 amide bonds. The Hall–Kier alpha value is -1.71. The maximum atomic E-state index is 13.1. The molecular weight excluding hydrogens is 361 g/mol. The molecule has 0 unspecified atom stereocenters. The van der Waals surface area contributed by atoms with Gasteiger partial charge in [-0.2, -0.15) is 17.0 Å². The van der Waals surface area contributed by atoms with Gasteiger partial charge in [-0.15, -0.1) is 0 Å². The van der Waals surface area contributed by atoms with E-state index in [9.17, 15) is 17.6 Å². The summed E-state index contributed by atoms with van der Waals surface area (Å²) in [7, 11) is -3.64. The summed E-state index contributed by atoms with van der Waals surface area (Å²) in [4.78, 5) is 13.3. The van der Waals surface area contributed by atoms with Crippen LogP contribution in [0.1, 0.15) is 25.3 Å². The van der Waals surface area contributed by atoms with Crippen LogP contribution in [0, 0.1) is 5.82 Å². The van der Waals surface area contributed by atoms with Gasteiger partial charge in [-0.3, -0.25) is 0 Å². The van der Waals surface area contributed by atoms with Crippen molar-refractivity contribution in [2.45, 2.75) is 32.4 Å². The molecular formula is C17H24FN3O4S. The van der Waals surface area contributed by atoms with E-state index in [-0.39, 0.29) is 31.5 Å². The number of rotatable bonds is 6. The molecule has 1 aliphatic carbocycles. The van der Waals surface area contributed by atoms with Gasteiger partial charge >= 0.3 is 6.09 Å². The minimum Gasteiger partial charge on any atom is -0.450 e. The minimum absolute atomic E-state index is 0.00635. The third-order valence-electron chi connectivity index (χ3n) is 4.59. The number of hydrogen-bond donors (Lipinski definition) is 0. The molecule has 3 rings (SSSR count). The van der Waals surface area contributed by atoms with E-state index in [1.807, 2.05) is 0 Å². The summed E-state index contributed by atoms with van der Waals surface area (Å²) in [5, 5.41) is 0. The van der Waals surface area contributed by atoms with Crippen LogP contribution in [-0.4, -0.2) is 66.8 Å². The number of carbonyl (C=O) groups excluding carboxylic acids is 1.